The monoisotopic (exact) mass is 411 g/mol. The van der Waals surface area contributed by atoms with Gasteiger partial charge in [0, 0.05) is 11.6 Å². The van der Waals surface area contributed by atoms with E-state index in [0.29, 0.717) is 22.1 Å². The molecule has 1 aliphatic heterocycles. The first-order valence-corrected chi connectivity index (χ1v) is 8.97. The summed E-state index contributed by atoms with van der Waals surface area (Å²) in [5, 5.41) is 11.0. The highest BCUT2D eigenvalue weighted by molar-refractivity contribution is 8.18. The summed E-state index contributed by atoms with van der Waals surface area (Å²) in [4.78, 5) is 23.1. The molecule has 1 aromatic rings. The first-order chi connectivity index (χ1) is 12.8. The molecule has 1 N–H and O–H groups in total. The zero-order valence-corrected chi connectivity index (χ0v) is 16.7. The molecule has 2 rings (SSSR count). The summed E-state index contributed by atoms with van der Waals surface area (Å²) in [5.74, 6) is -0.145. The number of nitrogens with zero attached hydrogens (tertiary/aromatic N) is 2. The molecular formula is C17H18ClN3O5S. The van der Waals surface area contributed by atoms with Crippen molar-refractivity contribution in [2.24, 2.45) is 10.2 Å². The standard InChI is InChI=1S/C17H18ClN3O5S/c1-9(2)26-15-11(18)5-10(6-12(15)24-3)8-19-21-17-20-16(23)13(27-17)7-14(22)25-4/h5-9H,1-4H3,(H,20,21,23)/b13-7+,19-8?. The molecular weight excluding hydrogens is 394 g/mol. The molecule has 0 saturated carbocycles. The molecule has 0 aliphatic carbocycles. The summed E-state index contributed by atoms with van der Waals surface area (Å²) in [6.45, 7) is 3.77. The number of amides is 1. The average molecular weight is 412 g/mol. The Morgan fingerprint density at radius 2 is 2.07 bits per heavy atom. The molecule has 10 heteroatoms. The normalized spacial score (nSPS) is 17.0. The number of hydrogen-bond acceptors (Lipinski definition) is 8. The molecule has 0 atom stereocenters. The first kappa shape index (κ1) is 20.8. The van der Waals surface area contributed by atoms with Crippen LogP contribution in [0.1, 0.15) is 19.4 Å². The van der Waals surface area contributed by atoms with E-state index in [2.05, 4.69) is 20.3 Å². The zero-order valence-electron chi connectivity index (χ0n) is 15.1. The summed E-state index contributed by atoms with van der Waals surface area (Å²) in [6, 6.07) is 3.37. The van der Waals surface area contributed by atoms with Gasteiger partial charge in [0.25, 0.3) is 5.91 Å². The third-order valence-electron chi connectivity index (χ3n) is 3.06. The van der Waals surface area contributed by atoms with Gasteiger partial charge in [0.1, 0.15) is 0 Å². The van der Waals surface area contributed by atoms with Crippen molar-refractivity contribution in [1.82, 2.24) is 5.32 Å². The number of esters is 1. The van der Waals surface area contributed by atoms with Gasteiger partial charge in [-0.15, -0.1) is 5.10 Å². The second-order valence-corrected chi connectivity index (χ2v) is 6.88. The molecule has 1 aromatic carbocycles. The van der Waals surface area contributed by atoms with Crippen LogP contribution in [-0.2, 0) is 14.3 Å². The number of halogens is 1. The highest BCUT2D eigenvalue weighted by atomic mass is 35.5. The van der Waals surface area contributed by atoms with Crippen molar-refractivity contribution >= 4 is 46.6 Å². The second kappa shape index (κ2) is 9.43. The van der Waals surface area contributed by atoms with Crippen LogP contribution in [0.3, 0.4) is 0 Å². The highest BCUT2D eigenvalue weighted by Crippen LogP contribution is 2.36. The number of carbonyl (C=O) groups excluding carboxylic acids is 2. The predicted molar refractivity (Wildman–Crippen MR) is 105 cm³/mol. The Balaban J connectivity index is 2.16. The predicted octanol–water partition coefficient (Wildman–Crippen LogP) is 2.75. The Bertz CT molecular complexity index is 836. The Kier molecular flexibility index (Phi) is 7.26. The van der Waals surface area contributed by atoms with Gasteiger partial charge in [-0.25, -0.2) is 4.79 Å². The number of benzene rings is 1. The van der Waals surface area contributed by atoms with Crippen LogP contribution in [0.25, 0.3) is 0 Å². The molecule has 1 fully saturated rings. The summed E-state index contributed by atoms with van der Waals surface area (Å²) in [7, 11) is 2.74. The molecule has 0 bridgehead atoms. The van der Waals surface area contributed by atoms with Crippen molar-refractivity contribution in [3.8, 4) is 11.5 Å². The van der Waals surface area contributed by atoms with Crippen molar-refractivity contribution in [2.45, 2.75) is 20.0 Å². The molecule has 0 spiro atoms. The van der Waals surface area contributed by atoms with Crippen LogP contribution in [0.4, 0.5) is 0 Å². The van der Waals surface area contributed by atoms with E-state index in [1.54, 1.807) is 12.1 Å². The van der Waals surface area contributed by atoms with Gasteiger partial charge in [-0.2, -0.15) is 5.10 Å². The molecule has 0 radical (unpaired) electrons. The van der Waals surface area contributed by atoms with E-state index in [1.807, 2.05) is 13.8 Å². The fraction of sp³-hybridized carbons (Fsp3) is 0.294. The number of nitrogens with one attached hydrogen (secondary N) is 1. The van der Waals surface area contributed by atoms with E-state index < -0.39 is 11.9 Å². The number of carbonyl (C=O) groups is 2. The van der Waals surface area contributed by atoms with Crippen molar-refractivity contribution < 1.29 is 23.8 Å². The van der Waals surface area contributed by atoms with Gasteiger partial charge in [0.15, 0.2) is 16.7 Å². The third-order valence-corrected chi connectivity index (χ3v) is 4.24. The fourth-order valence-corrected chi connectivity index (χ4v) is 2.96. The van der Waals surface area contributed by atoms with E-state index in [1.165, 1.54) is 20.4 Å². The molecule has 144 valence electrons. The number of amidine groups is 1. The molecule has 1 aliphatic rings. The van der Waals surface area contributed by atoms with Gasteiger partial charge < -0.3 is 14.2 Å². The van der Waals surface area contributed by atoms with Crippen LogP contribution in [-0.4, -0.2) is 43.6 Å². The van der Waals surface area contributed by atoms with Gasteiger partial charge in [0.2, 0.25) is 0 Å². The van der Waals surface area contributed by atoms with Gasteiger partial charge in [-0.05, 0) is 37.7 Å². The minimum Gasteiger partial charge on any atom is -0.493 e. The number of rotatable bonds is 6. The lowest BCUT2D eigenvalue weighted by Gasteiger charge is -2.15. The largest absolute Gasteiger partial charge is 0.493 e. The van der Waals surface area contributed by atoms with E-state index in [-0.39, 0.29) is 16.2 Å². The van der Waals surface area contributed by atoms with E-state index in [9.17, 15) is 9.59 Å². The van der Waals surface area contributed by atoms with Crippen LogP contribution >= 0.6 is 23.4 Å². The molecule has 1 amide bonds. The number of methoxy groups -OCH3 is 2. The number of thioether (sulfide) groups is 1. The van der Waals surface area contributed by atoms with Gasteiger partial charge >= 0.3 is 5.97 Å². The Labute approximate surface area is 165 Å². The zero-order chi connectivity index (χ0) is 20.0. The highest BCUT2D eigenvalue weighted by Gasteiger charge is 2.25. The lowest BCUT2D eigenvalue weighted by Crippen LogP contribution is -2.19. The first-order valence-electron chi connectivity index (χ1n) is 7.78. The molecule has 0 unspecified atom stereocenters. The summed E-state index contributed by atoms with van der Waals surface area (Å²) in [5.41, 5.74) is 0.636. The quantitative estimate of drug-likeness (QED) is 0.334. The molecule has 1 saturated heterocycles. The average Bonchev–Trinajstić information content (AvgIpc) is 2.95. The topological polar surface area (TPSA) is 98.6 Å². The number of ether oxygens (including phenoxy) is 3. The lowest BCUT2D eigenvalue weighted by molar-refractivity contribution is -0.135. The van der Waals surface area contributed by atoms with E-state index in [4.69, 9.17) is 21.1 Å². The summed E-state index contributed by atoms with van der Waals surface area (Å²) >= 11 is 7.23. The maximum Gasteiger partial charge on any atom is 0.331 e. The van der Waals surface area contributed by atoms with Crippen molar-refractivity contribution in [3.63, 3.8) is 0 Å². The molecule has 8 nitrogen and oxygen atoms in total. The molecule has 1 heterocycles. The van der Waals surface area contributed by atoms with Crippen molar-refractivity contribution in [1.29, 1.82) is 0 Å². The van der Waals surface area contributed by atoms with Crippen LogP contribution in [0.15, 0.2) is 33.3 Å². The maximum absolute atomic E-state index is 11.7. The number of hydrogen-bond donors (Lipinski definition) is 1. The SMILES string of the molecule is COC(=O)/C=C1/S/C(=N\N=Cc2cc(Cl)c(OC(C)C)c(OC)c2)NC1=O. The molecule has 0 aromatic heterocycles. The van der Waals surface area contributed by atoms with Gasteiger partial charge in [-0.1, -0.05) is 11.6 Å². The van der Waals surface area contributed by atoms with Crippen LogP contribution in [0.2, 0.25) is 5.02 Å². The van der Waals surface area contributed by atoms with Crippen molar-refractivity contribution in [2.75, 3.05) is 14.2 Å². The molecule has 27 heavy (non-hydrogen) atoms. The van der Waals surface area contributed by atoms with Crippen LogP contribution in [0.5, 0.6) is 11.5 Å². The Morgan fingerprint density at radius 1 is 1.33 bits per heavy atom. The third kappa shape index (κ3) is 5.73. The van der Waals surface area contributed by atoms with E-state index in [0.717, 1.165) is 17.8 Å². The smallest absolute Gasteiger partial charge is 0.331 e. The lowest BCUT2D eigenvalue weighted by atomic mass is 10.2. The van der Waals surface area contributed by atoms with Crippen LogP contribution < -0.4 is 14.8 Å². The Hall–Kier alpha value is -2.52. The summed E-state index contributed by atoms with van der Waals surface area (Å²) < 4.78 is 15.4. The van der Waals surface area contributed by atoms with Crippen LogP contribution in [0, 0.1) is 0 Å². The maximum atomic E-state index is 11.7. The minimum absolute atomic E-state index is 0.0578. The minimum atomic E-state index is -0.622. The van der Waals surface area contributed by atoms with Crippen molar-refractivity contribution in [3.05, 3.63) is 33.7 Å². The Morgan fingerprint density at radius 3 is 2.70 bits per heavy atom. The fourth-order valence-electron chi connectivity index (χ4n) is 1.95. The van der Waals surface area contributed by atoms with Gasteiger partial charge in [-0.3, -0.25) is 10.1 Å². The van der Waals surface area contributed by atoms with Gasteiger partial charge in [0.05, 0.1) is 36.5 Å². The second-order valence-electron chi connectivity index (χ2n) is 5.44. The van der Waals surface area contributed by atoms with E-state index >= 15 is 0 Å². The summed E-state index contributed by atoms with van der Waals surface area (Å²) in [6.07, 6.45) is 2.48.